The molecule has 120 valence electrons. The van der Waals surface area contributed by atoms with E-state index in [4.69, 9.17) is 0 Å². The van der Waals surface area contributed by atoms with E-state index in [0.717, 1.165) is 23.0 Å². The van der Waals surface area contributed by atoms with Gasteiger partial charge in [0.25, 0.3) is 0 Å². The summed E-state index contributed by atoms with van der Waals surface area (Å²) in [6, 6.07) is 5.72. The van der Waals surface area contributed by atoms with Crippen molar-refractivity contribution >= 4 is 28.8 Å². The molecule has 0 fully saturated rings. The number of nitrogens with zero attached hydrogens (tertiary/aromatic N) is 6. The fourth-order valence-corrected chi connectivity index (χ4v) is 2.65. The number of fused-ring (bicyclic) bond motifs is 1. The van der Waals surface area contributed by atoms with Crippen molar-refractivity contribution in [3.05, 3.63) is 29.6 Å². The van der Waals surface area contributed by atoms with E-state index in [1.807, 2.05) is 18.2 Å². The van der Waals surface area contributed by atoms with E-state index in [9.17, 15) is 4.79 Å². The molecule has 0 aliphatic rings. The molecule has 0 aliphatic heterocycles. The molecule has 3 rings (SSSR count). The monoisotopic (exact) mass is 332 g/mol. The predicted molar refractivity (Wildman–Crippen MR) is 84.8 cm³/mol. The van der Waals surface area contributed by atoms with Crippen molar-refractivity contribution in [2.75, 3.05) is 13.6 Å². The maximum absolute atomic E-state index is 12.1. The third-order valence-corrected chi connectivity index (χ3v) is 3.88. The molecule has 0 saturated heterocycles. The molecule has 9 nitrogen and oxygen atoms in total. The van der Waals surface area contributed by atoms with Crippen LogP contribution >= 0.6 is 11.7 Å². The molecule has 0 radical (unpaired) electrons. The Morgan fingerprint density at radius 2 is 2.22 bits per heavy atom. The maximum atomic E-state index is 12.1. The van der Waals surface area contributed by atoms with Crippen molar-refractivity contribution < 1.29 is 4.79 Å². The van der Waals surface area contributed by atoms with Gasteiger partial charge in [0.15, 0.2) is 5.82 Å². The van der Waals surface area contributed by atoms with E-state index in [1.165, 1.54) is 11.7 Å². The van der Waals surface area contributed by atoms with Gasteiger partial charge in [-0.15, -0.1) is 10.2 Å². The van der Waals surface area contributed by atoms with Crippen LogP contribution in [0.2, 0.25) is 0 Å². The van der Waals surface area contributed by atoms with E-state index in [2.05, 4.69) is 34.7 Å². The van der Waals surface area contributed by atoms with Gasteiger partial charge in [0.2, 0.25) is 0 Å². The summed E-state index contributed by atoms with van der Waals surface area (Å²) in [6.45, 7) is 1.08. The van der Waals surface area contributed by atoms with Crippen molar-refractivity contribution in [1.29, 1.82) is 0 Å². The Labute approximate surface area is 136 Å². The highest BCUT2D eigenvalue weighted by Crippen LogP contribution is 2.14. The summed E-state index contributed by atoms with van der Waals surface area (Å²) in [5.41, 5.74) is 2.77. The van der Waals surface area contributed by atoms with Crippen LogP contribution in [0.4, 0.5) is 4.79 Å². The lowest BCUT2D eigenvalue weighted by Gasteiger charge is -2.18. The number of aryl methyl sites for hydroxylation is 1. The SMILES string of the molecule is CN(Cc1ccc2nsnc2c1)C(=O)NCCCc1nn[nH]n1. The number of aromatic amines is 1. The Bertz CT molecular complexity index is 771. The Kier molecular flexibility index (Phi) is 4.71. The first-order valence-corrected chi connectivity index (χ1v) is 7.88. The Morgan fingerprint density at radius 3 is 3.04 bits per heavy atom. The molecule has 0 unspecified atom stereocenters. The zero-order valence-corrected chi connectivity index (χ0v) is 13.4. The van der Waals surface area contributed by atoms with E-state index in [1.54, 1.807) is 11.9 Å². The summed E-state index contributed by atoms with van der Waals surface area (Å²) in [5.74, 6) is 0.651. The zero-order chi connectivity index (χ0) is 16.1. The number of carbonyl (C=O) groups is 1. The van der Waals surface area contributed by atoms with Crippen LogP contribution in [0.1, 0.15) is 17.8 Å². The summed E-state index contributed by atoms with van der Waals surface area (Å²) >= 11 is 1.19. The highest BCUT2D eigenvalue weighted by molar-refractivity contribution is 7.00. The number of urea groups is 1. The number of rotatable bonds is 6. The Morgan fingerprint density at radius 1 is 1.35 bits per heavy atom. The molecule has 0 aliphatic carbocycles. The molecule has 23 heavy (non-hydrogen) atoms. The van der Waals surface area contributed by atoms with Crippen molar-refractivity contribution in [2.45, 2.75) is 19.4 Å². The van der Waals surface area contributed by atoms with Gasteiger partial charge < -0.3 is 10.2 Å². The molecular formula is C13H16N8OS. The molecule has 2 amide bonds. The number of aromatic nitrogens is 6. The lowest BCUT2D eigenvalue weighted by atomic mass is 10.2. The summed E-state index contributed by atoms with van der Waals surface area (Å²) < 4.78 is 8.37. The number of benzene rings is 1. The first-order valence-electron chi connectivity index (χ1n) is 7.15. The second-order valence-corrected chi connectivity index (χ2v) is 5.64. The quantitative estimate of drug-likeness (QED) is 0.651. The number of amides is 2. The number of carbonyl (C=O) groups excluding carboxylic acids is 1. The average Bonchev–Trinajstić information content (AvgIpc) is 3.22. The van der Waals surface area contributed by atoms with Gasteiger partial charge in [0.05, 0.1) is 11.7 Å². The zero-order valence-electron chi connectivity index (χ0n) is 12.6. The fourth-order valence-electron chi connectivity index (χ4n) is 2.14. The van der Waals surface area contributed by atoms with Crippen LogP contribution in [-0.4, -0.2) is 53.9 Å². The van der Waals surface area contributed by atoms with Gasteiger partial charge in [-0.3, -0.25) is 0 Å². The Balaban J connectivity index is 1.45. The van der Waals surface area contributed by atoms with Gasteiger partial charge >= 0.3 is 6.03 Å². The molecule has 0 spiro atoms. The topological polar surface area (TPSA) is 113 Å². The largest absolute Gasteiger partial charge is 0.338 e. The van der Waals surface area contributed by atoms with Gasteiger partial charge in [0.1, 0.15) is 11.0 Å². The second-order valence-electron chi connectivity index (χ2n) is 5.11. The molecule has 2 heterocycles. The molecule has 0 saturated carbocycles. The maximum Gasteiger partial charge on any atom is 0.317 e. The number of hydrogen-bond acceptors (Lipinski definition) is 7. The normalized spacial score (nSPS) is 10.8. The molecule has 2 N–H and O–H groups in total. The molecule has 3 aromatic rings. The van der Waals surface area contributed by atoms with Gasteiger partial charge in [-0.1, -0.05) is 11.3 Å². The average molecular weight is 332 g/mol. The third-order valence-electron chi connectivity index (χ3n) is 3.33. The van der Waals surface area contributed by atoms with Crippen molar-refractivity contribution in [2.24, 2.45) is 0 Å². The smallest absolute Gasteiger partial charge is 0.317 e. The van der Waals surface area contributed by atoms with Crippen LogP contribution in [0.3, 0.4) is 0 Å². The number of tetrazole rings is 1. The van der Waals surface area contributed by atoms with Gasteiger partial charge in [0, 0.05) is 26.6 Å². The number of nitrogens with one attached hydrogen (secondary N) is 2. The van der Waals surface area contributed by atoms with Crippen molar-refractivity contribution in [3.63, 3.8) is 0 Å². The van der Waals surface area contributed by atoms with Gasteiger partial charge in [-0.05, 0) is 24.1 Å². The highest BCUT2D eigenvalue weighted by atomic mass is 32.1. The highest BCUT2D eigenvalue weighted by Gasteiger charge is 2.09. The molecule has 0 bridgehead atoms. The molecule has 2 aromatic heterocycles. The Hall–Kier alpha value is -2.62. The standard InChI is InChI=1S/C13H16N8OS/c1-21(8-9-4-5-10-11(7-9)18-23-17-10)13(22)14-6-2-3-12-15-19-20-16-12/h4-5,7H,2-3,6,8H2,1H3,(H,14,22)(H,15,16,19,20). The van der Waals surface area contributed by atoms with E-state index in [0.29, 0.717) is 25.3 Å². The summed E-state index contributed by atoms with van der Waals surface area (Å²) in [6.07, 6.45) is 1.43. The second kappa shape index (κ2) is 7.09. The summed E-state index contributed by atoms with van der Waals surface area (Å²) in [5, 5.41) is 16.5. The van der Waals surface area contributed by atoms with E-state index >= 15 is 0 Å². The molecule has 1 aromatic carbocycles. The van der Waals surface area contributed by atoms with Crippen molar-refractivity contribution in [1.82, 2.24) is 39.6 Å². The van der Waals surface area contributed by atoms with E-state index in [-0.39, 0.29) is 6.03 Å². The number of H-pyrrole nitrogens is 1. The lowest BCUT2D eigenvalue weighted by molar-refractivity contribution is 0.207. The lowest BCUT2D eigenvalue weighted by Crippen LogP contribution is -2.37. The van der Waals surface area contributed by atoms with Gasteiger partial charge in [-0.2, -0.15) is 14.0 Å². The minimum absolute atomic E-state index is 0.116. The number of hydrogen-bond donors (Lipinski definition) is 2. The van der Waals surface area contributed by atoms with Crippen LogP contribution < -0.4 is 5.32 Å². The third kappa shape index (κ3) is 3.97. The van der Waals surface area contributed by atoms with E-state index < -0.39 is 0 Å². The van der Waals surface area contributed by atoms with Crippen LogP contribution in [-0.2, 0) is 13.0 Å². The molecular weight excluding hydrogens is 316 g/mol. The van der Waals surface area contributed by atoms with Crippen LogP contribution in [0.15, 0.2) is 18.2 Å². The fraction of sp³-hybridized carbons (Fsp3) is 0.385. The molecule has 10 heteroatoms. The van der Waals surface area contributed by atoms with Crippen LogP contribution in [0.25, 0.3) is 11.0 Å². The van der Waals surface area contributed by atoms with Crippen LogP contribution in [0.5, 0.6) is 0 Å². The minimum atomic E-state index is -0.116. The first kappa shape index (κ1) is 15.3. The van der Waals surface area contributed by atoms with Crippen molar-refractivity contribution in [3.8, 4) is 0 Å². The predicted octanol–water partition coefficient (Wildman–Crippen LogP) is 0.979. The summed E-state index contributed by atoms with van der Waals surface area (Å²) in [4.78, 5) is 13.7. The molecule has 0 atom stereocenters. The first-order chi connectivity index (χ1) is 11.2. The van der Waals surface area contributed by atoms with Gasteiger partial charge in [-0.25, -0.2) is 4.79 Å². The van der Waals surface area contributed by atoms with Crippen LogP contribution in [0, 0.1) is 0 Å². The minimum Gasteiger partial charge on any atom is -0.338 e. The summed E-state index contributed by atoms with van der Waals surface area (Å²) in [7, 11) is 1.76.